The number of nitrogens with zero attached hydrogens (tertiary/aromatic N) is 5. The van der Waals surface area contributed by atoms with Gasteiger partial charge in [-0.05, 0) is 39.1 Å². The maximum absolute atomic E-state index is 10.6. The van der Waals surface area contributed by atoms with Crippen molar-refractivity contribution in [1.82, 2.24) is 19.2 Å². The van der Waals surface area contributed by atoms with Gasteiger partial charge in [-0.1, -0.05) is 6.07 Å². The van der Waals surface area contributed by atoms with Gasteiger partial charge >= 0.3 is 24.3 Å². The fraction of sp³-hybridized carbons (Fsp3) is 0.571. The van der Waals surface area contributed by atoms with E-state index in [2.05, 4.69) is 57.6 Å². The van der Waals surface area contributed by atoms with Gasteiger partial charge in [0.1, 0.15) is 11.5 Å². The van der Waals surface area contributed by atoms with E-state index in [4.69, 9.17) is 24.8 Å². The number of fused-ring (bicyclic) bond motifs is 1. The van der Waals surface area contributed by atoms with Gasteiger partial charge in [-0.15, -0.1) is 0 Å². The molecule has 36 heavy (non-hydrogen) atoms. The number of aromatic nitrogens is 2. The summed E-state index contributed by atoms with van der Waals surface area (Å²) in [5, 5.41) is 14.2. The maximum Gasteiger partial charge on any atom is 0.490 e. The summed E-state index contributed by atoms with van der Waals surface area (Å²) in [7, 11) is 4.41. The number of likely N-dealkylation sites (N-methyl/N-ethyl adjacent to an activating group) is 2. The molecule has 2 N–H and O–H groups in total. The first-order valence-corrected chi connectivity index (χ1v) is 10.8. The summed E-state index contributed by atoms with van der Waals surface area (Å²) in [5.41, 5.74) is 2.27. The minimum absolute atomic E-state index is 0.394. The number of halogens is 6. The zero-order chi connectivity index (χ0) is 27.3. The first kappa shape index (κ1) is 29.2. The Hall–Kier alpha value is -3.07. The van der Waals surface area contributed by atoms with E-state index >= 15 is 0 Å². The number of hydrogen-bond acceptors (Lipinski definition) is 6. The number of aliphatic carboxylic acids is 2. The second kappa shape index (κ2) is 11.8. The normalized spacial score (nSPS) is 19.3. The Labute approximate surface area is 202 Å². The van der Waals surface area contributed by atoms with Crippen LogP contribution in [-0.4, -0.2) is 101 Å². The number of rotatable bonds is 2. The molecule has 4 rings (SSSR count). The van der Waals surface area contributed by atoms with E-state index in [9.17, 15) is 26.3 Å². The number of imidazole rings is 1. The van der Waals surface area contributed by atoms with Crippen molar-refractivity contribution in [2.24, 2.45) is 0 Å². The van der Waals surface area contributed by atoms with Gasteiger partial charge in [0.25, 0.3) is 0 Å². The van der Waals surface area contributed by atoms with Crippen molar-refractivity contribution in [3.63, 3.8) is 0 Å². The van der Waals surface area contributed by atoms with Crippen molar-refractivity contribution >= 4 is 23.4 Å². The zero-order valence-corrected chi connectivity index (χ0v) is 19.6. The van der Waals surface area contributed by atoms with Gasteiger partial charge in [-0.25, -0.2) is 14.6 Å². The van der Waals surface area contributed by atoms with E-state index < -0.39 is 24.3 Å². The first-order chi connectivity index (χ1) is 16.6. The largest absolute Gasteiger partial charge is 0.490 e. The topological polar surface area (TPSA) is 102 Å². The molecule has 0 saturated carbocycles. The Kier molecular flexibility index (Phi) is 9.54. The first-order valence-electron chi connectivity index (χ1n) is 10.8. The number of piperazine rings is 1. The number of alkyl halides is 6. The Morgan fingerprint density at radius 3 is 1.94 bits per heavy atom. The van der Waals surface area contributed by atoms with E-state index in [1.54, 1.807) is 0 Å². The van der Waals surface area contributed by atoms with Crippen molar-refractivity contribution in [3.8, 4) is 0 Å². The lowest BCUT2D eigenvalue weighted by Crippen LogP contribution is -2.44. The minimum atomic E-state index is -5.08. The average Bonchev–Trinajstić information content (AvgIpc) is 3.44. The lowest BCUT2D eigenvalue weighted by atomic mass is 10.1. The van der Waals surface area contributed by atoms with E-state index in [0.29, 0.717) is 6.04 Å². The summed E-state index contributed by atoms with van der Waals surface area (Å²) < 4.78 is 65.8. The molecule has 2 aromatic heterocycles. The van der Waals surface area contributed by atoms with E-state index in [0.717, 1.165) is 25.3 Å². The third-order valence-electron chi connectivity index (χ3n) is 5.60. The zero-order valence-electron chi connectivity index (χ0n) is 19.6. The molecule has 1 unspecified atom stereocenters. The monoisotopic (exact) mass is 527 g/mol. The molecule has 2 aliphatic heterocycles. The van der Waals surface area contributed by atoms with Crippen LogP contribution in [0.4, 0.5) is 32.2 Å². The average molecular weight is 527 g/mol. The number of pyridine rings is 1. The van der Waals surface area contributed by atoms with Gasteiger partial charge in [0.05, 0.1) is 11.7 Å². The molecule has 0 aromatic carbocycles. The quantitative estimate of drug-likeness (QED) is 0.575. The molecule has 9 nitrogen and oxygen atoms in total. The van der Waals surface area contributed by atoms with Crippen molar-refractivity contribution in [3.05, 3.63) is 30.1 Å². The van der Waals surface area contributed by atoms with Crippen molar-refractivity contribution in [2.45, 2.75) is 31.2 Å². The highest BCUT2D eigenvalue weighted by molar-refractivity contribution is 5.73. The molecular weight excluding hydrogens is 500 g/mol. The summed E-state index contributed by atoms with van der Waals surface area (Å²) in [6.07, 6.45) is -5.31. The highest BCUT2D eigenvalue weighted by atomic mass is 19.4. The second-order valence-electron chi connectivity index (χ2n) is 8.34. The van der Waals surface area contributed by atoms with Crippen molar-refractivity contribution in [1.29, 1.82) is 0 Å². The Morgan fingerprint density at radius 1 is 0.917 bits per heavy atom. The van der Waals surface area contributed by atoms with E-state index in [-0.39, 0.29) is 0 Å². The third-order valence-corrected chi connectivity index (χ3v) is 5.60. The molecule has 202 valence electrons. The molecule has 0 spiro atoms. The molecule has 2 fully saturated rings. The third kappa shape index (κ3) is 7.98. The SMILES string of the molecule is CN1CCN(C)C(c2cn3c(N4CCCC4)cccc3n2)C1.O=C(O)C(F)(F)F.O=C(O)C(F)(F)F. The van der Waals surface area contributed by atoms with Crippen LogP contribution in [0.15, 0.2) is 24.4 Å². The number of carbonyl (C=O) groups is 2. The lowest BCUT2D eigenvalue weighted by Gasteiger charge is -2.36. The predicted octanol–water partition coefficient (Wildman–Crippen LogP) is 3.12. The molecule has 0 aliphatic carbocycles. The molecular formula is C21H27F6N5O4. The highest BCUT2D eigenvalue weighted by Gasteiger charge is 2.38. The Balaban J connectivity index is 0.000000271. The summed E-state index contributed by atoms with van der Waals surface area (Å²) in [6, 6.07) is 6.87. The van der Waals surface area contributed by atoms with Gasteiger partial charge < -0.3 is 20.0 Å². The molecule has 2 saturated heterocycles. The summed E-state index contributed by atoms with van der Waals surface area (Å²) in [4.78, 5) is 30.0. The minimum Gasteiger partial charge on any atom is -0.475 e. The van der Waals surface area contributed by atoms with Crippen LogP contribution < -0.4 is 4.90 Å². The van der Waals surface area contributed by atoms with Crippen LogP contribution in [0.5, 0.6) is 0 Å². The standard InChI is InChI=1S/C17H25N5.2C2HF3O2/c1-19-10-11-20(2)15(13-19)14-12-22-16(18-14)6-5-7-17(22)21-8-3-4-9-21;2*3-2(4,5)1(6)7/h5-7,12,15H,3-4,8-11,13H2,1-2H3;2*(H,6,7). The lowest BCUT2D eigenvalue weighted by molar-refractivity contribution is -0.193. The van der Waals surface area contributed by atoms with Crippen LogP contribution >= 0.6 is 0 Å². The van der Waals surface area contributed by atoms with Crippen LogP contribution in [0, 0.1) is 0 Å². The van der Waals surface area contributed by atoms with E-state index in [1.807, 2.05) is 0 Å². The van der Waals surface area contributed by atoms with Crippen molar-refractivity contribution < 1.29 is 46.1 Å². The molecule has 2 aliphatic rings. The summed E-state index contributed by atoms with van der Waals surface area (Å²) in [6.45, 7) is 5.63. The van der Waals surface area contributed by atoms with Crippen LogP contribution in [-0.2, 0) is 9.59 Å². The number of carboxylic acids is 2. The Bertz CT molecular complexity index is 1010. The number of anilines is 1. The van der Waals surface area contributed by atoms with Gasteiger partial charge in [-0.2, -0.15) is 26.3 Å². The second-order valence-corrected chi connectivity index (χ2v) is 8.34. The van der Waals surface area contributed by atoms with E-state index in [1.165, 1.54) is 37.4 Å². The fourth-order valence-electron chi connectivity index (χ4n) is 3.71. The number of carboxylic acid groups (broad SMARTS) is 2. The Morgan fingerprint density at radius 2 is 1.44 bits per heavy atom. The van der Waals surface area contributed by atoms with Crippen LogP contribution in [0.25, 0.3) is 5.65 Å². The van der Waals surface area contributed by atoms with Gasteiger partial charge in [0.2, 0.25) is 0 Å². The molecule has 0 bridgehead atoms. The molecule has 15 heteroatoms. The predicted molar refractivity (Wildman–Crippen MR) is 117 cm³/mol. The summed E-state index contributed by atoms with van der Waals surface area (Å²) >= 11 is 0. The fourth-order valence-corrected chi connectivity index (χ4v) is 3.71. The van der Waals surface area contributed by atoms with Crippen LogP contribution in [0.1, 0.15) is 24.6 Å². The molecule has 4 heterocycles. The molecule has 0 radical (unpaired) electrons. The highest BCUT2D eigenvalue weighted by Crippen LogP contribution is 2.27. The van der Waals surface area contributed by atoms with Gasteiger partial charge in [0.15, 0.2) is 0 Å². The summed E-state index contributed by atoms with van der Waals surface area (Å²) in [5.74, 6) is -4.22. The molecule has 0 amide bonds. The molecule has 2 aromatic rings. The molecule has 1 atom stereocenters. The van der Waals surface area contributed by atoms with Gasteiger partial charge in [0, 0.05) is 38.9 Å². The van der Waals surface area contributed by atoms with Crippen LogP contribution in [0.3, 0.4) is 0 Å². The van der Waals surface area contributed by atoms with Crippen molar-refractivity contribution in [2.75, 3.05) is 51.7 Å². The number of hydrogen-bond donors (Lipinski definition) is 2. The van der Waals surface area contributed by atoms with Crippen LogP contribution in [0.2, 0.25) is 0 Å². The smallest absolute Gasteiger partial charge is 0.475 e. The maximum atomic E-state index is 10.6. The van der Waals surface area contributed by atoms with Gasteiger partial charge in [-0.3, -0.25) is 9.30 Å².